The number of morpholine rings is 1. The number of rotatable bonds is 6. The van der Waals surface area contributed by atoms with Crippen LogP contribution in [0.25, 0.3) is 0 Å². The number of nitrogens with zero attached hydrogens (tertiary/aromatic N) is 3. The maximum atomic E-state index is 11.5. The summed E-state index contributed by atoms with van der Waals surface area (Å²) in [6, 6.07) is 0. The van der Waals surface area contributed by atoms with E-state index in [-0.39, 0.29) is 11.4 Å². The Kier molecular flexibility index (Phi) is 7.61. The Bertz CT molecular complexity index is 376. The van der Waals surface area contributed by atoms with Crippen molar-refractivity contribution in [3.05, 3.63) is 0 Å². The number of carbonyl (C=O) groups excluding carboxylic acids is 1. The van der Waals surface area contributed by atoms with Gasteiger partial charge >= 0.3 is 0 Å². The fourth-order valence-electron chi connectivity index (χ4n) is 2.31. The summed E-state index contributed by atoms with van der Waals surface area (Å²) in [4.78, 5) is 19.8. The van der Waals surface area contributed by atoms with Crippen LogP contribution in [0.2, 0.25) is 0 Å². The molecule has 0 aliphatic carbocycles. The summed E-state index contributed by atoms with van der Waals surface area (Å²) < 4.78 is 5.40. The van der Waals surface area contributed by atoms with Crippen molar-refractivity contribution < 1.29 is 9.53 Å². The molecule has 0 unspecified atom stereocenters. The van der Waals surface area contributed by atoms with Crippen molar-refractivity contribution in [1.82, 2.24) is 20.4 Å². The Morgan fingerprint density at radius 3 is 2.45 bits per heavy atom. The summed E-state index contributed by atoms with van der Waals surface area (Å²) in [5.41, 5.74) is 0.0286. The fraction of sp³-hybridized carbons (Fsp3) is 0.867. The number of guanidine groups is 1. The van der Waals surface area contributed by atoms with Gasteiger partial charge in [0, 0.05) is 59.3 Å². The summed E-state index contributed by atoms with van der Waals surface area (Å²) in [5, 5.41) is 6.52. The van der Waals surface area contributed by atoms with E-state index in [1.165, 1.54) is 0 Å². The molecule has 1 saturated heterocycles. The van der Waals surface area contributed by atoms with E-state index < -0.39 is 0 Å². The van der Waals surface area contributed by atoms with Crippen molar-refractivity contribution >= 4 is 11.9 Å². The Morgan fingerprint density at radius 2 is 1.91 bits per heavy atom. The highest BCUT2D eigenvalue weighted by molar-refractivity contribution is 5.81. The molecule has 2 N–H and O–H groups in total. The largest absolute Gasteiger partial charge is 0.379 e. The third-order valence-electron chi connectivity index (χ3n) is 3.91. The minimum Gasteiger partial charge on any atom is -0.379 e. The average Bonchev–Trinajstić information content (AvgIpc) is 2.51. The molecule has 7 nitrogen and oxygen atoms in total. The van der Waals surface area contributed by atoms with E-state index in [4.69, 9.17) is 4.74 Å². The van der Waals surface area contributed by atoms with Gasteiger partial charge in [-0.2, -0.15) is 0 Å². The quantitative estimate of drug-likeness (QED) is 0.522. The second kappa shape index (κ2) is 8.95. The van der Waals surface area contributed by atoms with E-state index in [0.29, 0.717) is 13.0 Å². The molecular weight excluding hydrogens is 282 g/mol. The molecule has 0 radical (unpaired) electrons. The van der Waals surface area contributed by atoms with Crippen LogP contribution in [0.3, 0.4) is 0 Å². The lowest BCUT2D eigenvalue weighted by molar-refractivity contribution is -0.128. The zero-order chi connectivity index (χ0) is 16.6. The van der Waals surface area contributed by atoms with Crippen molar-refractivity contribution in [3.63, 3.8) is 0 Å². The van der Waals surface area contributed by atoms with Gasteiger partial charge in [-0.1, -0.05) is 0 Å². The first-order valence-corrected chi connectivity index (χ1v) is 7.84. The van der Waals surface area contributed by atoms with Gasteiger partial charge in [-0.25, -0.2) is 0 Å². The molecule has 1 amide bonds. The number of hydrogen-bond acceptors (Lipinski definition) is 4. The van der Waals surface area contributed by atoms with Crippen LogP contribution in [-0.4, -0.2) is 87.7 Å². The smallest absolute Gasteiger partial charge is 0.223 e. The van der Waals surface area contributed by atoms with E-state index in [0.717, 1.165) is 38.8 Å². The number of carbonyl (C=O) groups is 1. The molecule has 1 rings (SSSR count). The zero-order valence-corrected chi connectivity index (χ0v) is 14.6. The van der Waals surface area contributed by atoms with Gasteiger partial charge in [-0.3, -0.25) is 14.7 Å². The molecule has 22 heavy (non-hydrogen) atoms. The molecule has 7 heteroatoms. The minimum absolute atomic E-state index is 0.0286. The van der Waals surface area contributed by atoms with E-state index in [1.54, 1.807) is 26.0 Å². The van der Waals surface area contributed by atoms with Crippen LogP contribution in [0, 0.1) is 0 Å². The van der Waals surface area contributed by atoms with Gasteiger partial charge in [-0.05, 0) is 13.8 Å². The molecule has 0 aromatic heterocycles. The second-order valence-electron chi connectivity index (χ2n) is 6.30. The Balaban J connectivity index is 2.35. The van der Waals surface area contributed by atoms with E-state index in [9.17, 15) is 4.79 Å². The van der Waals surface area contributed by atoms with E-state index in [2.05, 4.69) is 34.4 Å². The van der Waals surface area contributed by atoms with Gasteiger partial charge in [0.25, 0.3) is 0 Å². The highest BCUT2D eigenvalue weighted by Gasteiger charge is 2.28. The van der Waals surface area contributed by atoms with Crippen LogP contribution in [0.4, 0.5) is 0 Å². The lowest BCUT2D eigenvalue weighted by atomic mass is 10.0. The van der Waals surface area contributed by atoms with E-state index >= 15 is 0 Å². The number of nitrogens with one attached hydrogen (secondary N) is 2. The van der Waals surface area contributed by atoms with Crippen molar-refractivity contribution in [1.29, 1.82) is 0 Å². The van der Waals surface area contributed by atoms with Gasteiger partial charge in [0.15, 0.2) is 5.96 Å². The number of ether oxygens (including phenoxy) is 1. The summed E-state index contributed by atoms with van der Waals surface area (Å²) in [5.74, 6) is 0.837. The normalized spacial score (nSPS) is 17.2. The van der Waals surface area contributed by atoms with Crippen molar-refractivity contribution in [3.8, 4) is 0 Å². The number of hydrogen-bond donors (Lipinski definition) is 2. The predicted octanol–water partition coefficient (Wildman–Crippen LogP) is -0.259. The Hall–Kier alpha value is -1.34. The molecule has 1 aliphatic rings. The van der Waals surface area contributed by atoms with Gasteiger partial charge in [0.1, 0.15) is 0 Å². The first-order valence-electron chi connectivity index (χ1n) is 7.84. The second-order valence-corrected chi connectivity index (χ2v) is 6.30. The predicted molar refractivity (Wildman–Crippen MR) is 89.1 cm³/mol. The molecule has 0 aromatic rings. The molecule has 1 aliphatic heterocycles. The van der Waals surface area contributed by atoms with Crippen molar-refractivity contribution in [2.24, 2.45) is 4.99 Å². The van der Waals surface area contributed by atoms with Gasteiger partial charge in [0.05, 0.1) is 13.2 Å². The van der Waals surface area contributed by atoms with Gasteiger partial charge in [-0.15, -0.1) is 0 Å². The molecule has 1 heterocycles. The average molecular weight is 313 g/mol. The molecular formula is C15H31N5O2. The third kappa shape index (κ3) is 6.19. The van der Waals surface area contributed by atoms with Gasteiger partial charge < -0.3 is 20.3 Å². The Labute approximate surface area is 134 Å². The lowest BCUT2D eigenvalue weighted by Crippen LogP contribution is -2.56. The molecule has 0 atom stereocenters. The maximum Gasteiger partial charge on any atom is 0.223 e. The lowest BCUT2D eigenvalue weighted by Gasteiger charge is -2.41. The summed E-state index contributed by atoms with van der Waals surface area (Å²) in [7, 11) is 5.27. The SMILES string of the molecule is CN=C(NCCC(=O)N(C)C)NCC(C)(C)N1CCOCC1. The molecule has 0 aromatic carbocycles. The number of amides is 1. The van der Waals surface area contributed by atoms with Crippen LogP contribution in [0.15, 0.2) is 4.99 Å². The summed E-state index contributed by atoms with van der Waals surface area (Å²) in [6.07, 6.45) is 0.459. The highest BCUT2D eigenvalue weighted by atomic mass is 16.5. The third-order valence-corrected chi connectivity index (χ3v) is 3.91. The highest BCUT2D eigenvalue weighted by Crippen LogP contribution is 2.14. The van der Waals surface area contributed by atoms with Crippen molar-refractivity contribution in [2.45, 2.75) is 25.8 Å². The molecule has 128 valence electrons. The summed E-state index contributed by atoms with van der Waals surface area (Å²) in [6.45, 7) is 9.30. The molecule has 0 saturated carbocycles. The maximum absolute atomic E-state index is 11.5. The fourth-order valence-corrected chi connectivity index (χ4v) is 2.31. The zero-order valence-electron chi connectivity index (χ0n) is 14.6. The molecule has 0 spiro atoms. The van der Waals surface area contributed by atoms with E-state index in [1.807, 2.05) is 0 Å². The summed E-state index contributed by atoms with van der Waals surface area (Å²) >= 11 is 0. The van der Waals surface area contributed by atoms with Crippen molar-refractivity contribution in [2.75, 3.05) is 60.5 Å². The monoisotopic (exact) mass is 313 g/mol. The topological polar surface area (TPSA) is 69.2 Å². The van der Waals surface area contributed by atoms with Crippen LogP contribution in [-0.2, 0) is 9.53 Å². The van der Waals surface area contributed by atoms with Gasteiger partial charge in [0.2, 0.25) is 5.91 Å². The Morgan fingerprint density at radius 1 is 1.27 bits per heavy atom. The minimum atomic E-state index is 0.0286. The standard InChI is InChI=1S/C15H31N5O2/c1-15(2,20-8-10-22-11-9-20)12-18-14(16-3)17-7-6-13(21)19(4)5/h6-12H2,1-5H3,(H2,16,17,18). The van der Waals surface area contributed by atoms with Crippen LogP contribution < -0.4 is 10.6 Å². The molecule has 1 fully saturated rings. The van der Waals surface area contributed by atoms with Crippen LogP contribution >= 0.6 is 0 Å². The number of aliphatic imine (C=N–C) groups is 1. The van der Waals surface area contributed by atoms with Crippen LogP contribution in [0.1, 0.15) is 20.3 Å². The van der Waals surface area contributed by atoms with Crippen LogP contribution in [0.5, 0.6) is 0 Å². The molecule has 0 bridgehead atoms. The first-order chi connectivity index (χ1) is 10.4. The first kappa shape index (κ1) is 18.7.